The summed E-state index contributed by atoms with van der Waals surface area (Å²) in [4.78, 5) is 28.4. The summed E-state index contributed by atoms with van der Waals surface area (Å²) in [5, 5.41) is 9.56. The van der Waals surface area contributed by atoms with Crippen LogP contribution in [-0.4, -0.2) is 68.0 Å². The van der Waals surface area contributed by atoms with Crippen LogP contribution in [-0.2, 0) is 31.5 Å². The van der Waals surface area contributed by atoms with Crippen molar-refractivity contribution in [3.63, 3.8) is 0 Å². The van der Waals surface area contributed by atoms with Gasteiger partial charge in [-0.15, -0.1) is 0 Å². The Balaban J connectivity index is 1.66. The van der Waals surface area contributed by atoms with Gasteiger partial charge in [-0.1, -0.05) is 30.3 Å². The smallest absolute Gasteiger partial charge is 0.303 e. The molecule has 15 heteroatoms. The van der Waals surface area contributed by atoms with E-state index in [-0.39, 0.29) is 59.0 Å². The van der Waals surface area contributed by atoms with Crippen LogP contribution in [0.5, 0.6) is 0 Å². The Morgan fingerprint density at radius 2 is 1.60 bits per heavy atom. The standard InChI is InChI=1S/C33H31N3O10S2/c1-36(16-4-7-31(37)38)33(39)24-6-3-2-5-23(24)32-25-13-10-21(34)17-28(25)46-29-19-27(30(18-26(29)32)48(43,44)45)35-15-14-20-8-11-22(12-9-20)47(40,41)42/h2-3,5-6,8-13,17-19H,4,7,14-16,34H2,1H3,(H,37,38)(H,40,41,42)(H,43,44,45)/p+1. The van der Waals surface area contributed by atoms with Crippen molar-refractivity contribution in [2.75, 3.05) is 25.9 Å². The third kappa shape index (κ3) is 7.55. The van der Waals surface area contributed by atoms with Crippen molar-refractivity contribution < 1.29 is 50.0 Å². The van der Waals surface area contributed by atoms with E-state index in [0.717, 1.165) is 0 Å². The Morgan fingerprint density at radius 1 is 0.896 bits per heavy atom. The number of hydrogen-bond donors (Lipinski definition) is 5. The van der Waals surface area contributed by atoms with Crippen molar-refractivity contribution in [3.05, 3.63) is 95.3 Å². The van der Waals surface area contributed by atoms with Crippen molar-refractivity contribution in [1.29, 1.82) is 0 Å². The van der Waals surface area contributed by atoms with Crippen LogP contribution in [0.15, 0.2) is 93.1 Å². The predicted molar refractivity (Wildman–Crippen MR) is 175 cm³/mol. The molecule has 3 aromatic carbocycles. The molecule has 0 aromatic heterocycles. The fourth-order valence-corrected chi connectivity index (χ4v) is 6.56. The van der Waals surface area contributed by atoms with Gasteiger partial charge in [0.05, 0.1) is 11.0 Å². The lowest BCUT2D eigenvalue weighted by Gasteiger charge is -2.21. The van der Waals surface area contributed by atoms with E-state index in [2.05, 4.69) is 4.99 Å². The van der Waals surface area contributed by atoms with Crippen LogP contribution in [0.1, 0.15) is 28.8 Å². The Bertz CT molecular complexity index is 2300. The van der Waals surface area contributed by atoms with E-state index in [1.165, 1.54) is 41.3 Å². The second-order valence-electron chi connectivity index (χ2n) is 11.1. The van der Waals surface area contributed by atoms with Gasteiger partial charge in [0.1, 0.15) is 17.9 Å². The van der Waals surface area contributed by atoms with Crippen LogP contribution in [0.4, 0.5) is 5.69 Å². The maximum Gasteiger partial charge on any atom is 0.303 e. The van der Waals surface area contributed by atoms with Gasteiger partial charge in [0.2, 0.25) is 5.36 Å². The van der Waals surface area contributed by atoms with Crippen molar-refractivity contribution in [3.8, 4) is 22.5 Å². The molecule has 2 aliphatic rings. The number of carboxylic acids is 1. The molecular weight excluding hydrogens is 663 g/mol. The van der Waals surface area contributed by atoms with Gasteiger partial charge >= 0.3 is 16.1 Å². The van der Waals surface area contributed by atoms with E-state index in [1.807, 2.05) is 0 Å². The van der Waals surface area contributed by atoms with Crippen molar-refractivity contribution in [2.24, 2.45) is 0 Å². The molecule has 6 N–H and O–H groups in total. The van der Waals surface area contributed by atoms with Crippen LogP contribution in [0.2, 0.25) is 0 Å². The van der Waals surface area contributed by atoms with Crippen LogP contribution in [0.25, 0.3) is 33.4 Å². The maximum absolute atomic E-state index is 13.7. The molecule has 48 heavy (non-hydrogen) atoms. The number of benzene rings is 4. The molecule has 5 rings (SSSR count). The zero-order chi connectivity index (χ0) is 34.8. The Labute approximate surface area is 275 Å². The normalized spacial score (nSPS) is 12.4. The molecule has 1 aliphatic carbocycles. The highest BCUT2D eigenvalue weighted by molar-refractivity contribution is 7.86. The van der Waals surface area contributed by atoms with E-state index >= 15 is 0 Å². The molecule has 0 fully saturated rings. The number of anilines is 1. The van der Waals surface area contributed by atoms with E-state index in [1.54, 1.807) is 49.5 Å². The molecule has 0 saturated carbocycles. The lowest BCUT2D eigenvalue weighted by Crippen LogP contribution is -2.77. The fourth-order valence-electron chi connectivity index (χ4n) is 5.41. The first-order chi connectivity index (χ1) is 22.6. The summed E-state index contributed by atoms with van der Waals surface area (Å²) < 4.78 is 73.8. The molecule has 1 amide bonds. The van der Waals surface area contributed by atoms with Crippen molar-refractivity contribution >= 4 is 48.8 Å². The lowest BCUT2D eigenvalue weighted by molar-refractivity contribution is -0.501. The number of fused-ring (bicyclic) bond motifs is 2. The van der Waals surface area contributed by atoms with Crippen molar-refractivity contribution in [2.45, 2.75) is 29.1 Å². The molecule has 0 unspecified atom stereocenters. The number of carboxylic acid groups (broad SMARTS) is 1. The first-order valence-corrected chi connectivity index (χ1v) is 17.5. The van der Waals surface area contributed by atoms with E-state index in [9.17, 15) is 35.5 Å². The molecule has 0 radical (unpaired) electrons. The van der Waals surface area contributed by atoms with E-state index < -0.39 is 31.1 Å². The quantitative estimate of drug-likeness (QED) is 0.0768. The maximum atomic E-state index is 13.7. The summed E-state index contributed by atoms with van der Waals surface area (Å²) >= 11 is 0. The highest BCUT2D eigenvalue weighted by Crippen LogP contribution is 2.42. The third-order valence-electron chi connectivity index (χ3n) is 7.73. The average Bonchev–Trinajstić information content (AvgIpc) is 3.02. The van der Waals surface area contributed by atoms with Crippen molar-refractivity contribution in [1.82, 2.24) is 4.90 Å². The number of nitrogens with zero attached hydrogens (tertiary/aromatic N) is 1. The minimum absolute atomic E-state index is 0.0278. The number of nitrogens with one attached hydrogen (secondary N) is 1. The van der Waals surface area contributed by atoms with Crippen LogP contribution >= 0.6 is 0 Å². The highest BCUT2D eigenvalue weighted by atomic mass is 32.2. The average molecular weight is 695 g/mol. The predicted octanol–water partition coefficient (Wildman–Crippen LogP) is 2.44. The number of rotatable bonds is 11. The summed E-state index contributed by atoms with van der Waals surface area (Å²) in [5.74, 6) is -1.14. The zero-order valence-electron chi connectivity index (χ0n) is 25.6. The molecular formula is C33H32N3O10S2+. The Kier molecular flexibility index (Phi) is 9.68. The van der Waals surface area contributed by atoms with Gasteiger partial charge in [-0.3, -0.25) is 18.7 Å². The summed E-state index contributed by atoms with van der Waals surface area (Å²) in [5.41, 5.74) is 8.95. The minimum Gasteiger partial charge on any atom is -0.481 e. The summed E-state index contributed by atoms with van der Waals surface area (Å²) in [6, 6.07) is 19.8. The summed E-state index contributed by atoms with van der Waals surface area (Å²) in [6.45, 7) is 0.354. The number of amides is 1. The van der Waals surface area contributed by atoms with Gasteiger partial charge in [-0.05, 0) is 53.9 Å². The summed E-state index contributed by atoms with van der Waals surface area (Å²) in [7, 11) is -7.59. The number of aliphatic carboxylic acids is 1. The van der Waals surface area contributed by atoms with Crippen LogP contribution in [0.3, 0.4) is 0 Å². The van der Waals surface area contributed by atoms with Gasteiger partial charge in [0, 0.05) is 60.3 Å². The topological polar surface area (TPSA) is 219 Å². The number of nitrogen functional groups attached to an aromatic ring is 1. The largest absolute Gasteiger partial charge is 0.481 e. The fraction of sp³-hybridized carbons (Fsp3) is 0.182. The van der Waals surface area contributed by atoms with Crippen LogP contribution in [0, 0.1) is 0 Å². The van der Waals surface area contributed by atoms with Gasteiger partial charge in [-0.25, -0.2) is 4.99 Å². The van der Waals surface area contributed by atoms with Gasteiger partial charge in [0.25, 0.3) is 16.0 Å². The Morgan fingerprint density at radius 3 is 2.27 bits per heavy atom. The summed E-state index contributed by atoms with van der Waals surface area (Å²) in [6.07, 6.45) is 0.463. The molecule has 0 bridgehead atoms. The molecule has 0 atom stereocenters. The SMILES string of the molecule is CN(CCCC(=O)O)C(=O)c1ccccc1-c1c2cc(S(=O)(=O)O)c(=[NH+]CCc3ccc(S(=O)(=O)O)cc3)cc-2oc2cc(N)ccc12. The molecule has 0 spiro atoms. The van der Waals surface area contributed by atoms with E-state index in [4.69, 9.17) is 15.3 Å². The molecule has 1 aliphatic heterocycles. The number of nitrogens with two attached hydrogens (primary N) is 1. The number of carbonyl (C=O) groups is 2. The van der Waals surface area contributed by atoms with E-state index in [0.29, 0.717) is 39.8 Å². The van der Waals surface area contributed by atoms with Crippen LogP contribution < -0.4 is 16.1 Å². The molecule has 0 saturated heterocycles. The minimum atomic E-state index is -4.80. The van der Waals surface area contributed by atoms with Gasteiger partial charge in [-0.2, -0.15) is 16.8 Å². The number of hydrogen-bond acceptors (Lipinski definition) is 8. The second kappa shape index (κ2) is 13.6. The molecule has 3 aromatic rings. The zero-order valence-corrected chi connectivity index (χ0v) is 27.2. The Hall–Kier alpha value is -5.09. The van der Waals surface area contributed by atoms with Gasteiger partial charge < -0.3 is 20.2 Å². The molecule has 250 valence electrons. The van der Waals surface area contributed by atoms with Gasteiger partial charge in [0.15, 0.2) is 4.90 Å². The third-order valence-corrected chi connectivity index (χ3v) is 9.49. The molecule has 13 nitrogen and oxygen atoms in total. The monoisotopic (exact) mass is 694 g/mol. The number of carbonyl (C=O) groups excluding carboxylic acids is 1. The first-order valence-electron chi connectivity index (χ1n) is 14.6. The second-order valence-corrected chi connectivity index (χ2v) is 13.9. The lowest BCUT2D eigenvalue weighted by atomic mass is 9.90. The first kappa shape index (κ1) is 34.3. The molecule has 1 heterocycles. The highest BCUT2D eigenvalue weighted by Gasteiger charge is 2.27.